The second-order valence-electron chi connectivity index (χ2n) is 4.25. The number of carbonyl (C=O) groups excluding carboxylic acids is 1. The van der Waals surface area contributed by atoms with Crippen molar-refractivity contribution in [3.8, 4) is 0 Å². The lowest BCUT2D eigenvalue weighted by molar-refractivity contribution is -0.144. The second-order valence-corrected chi connectivity index (χ2v) is 6.47. The van der Waals surface area contributed by atoms with Gasteiger partial charge in [0.05, 0.1) is 17.5 Å². The molecule has 0 spiro atoms. The highest BCUT2D eigenvalue weighted by Crippen LogP contribution is 2.21. The van der Waals surface area contributed by atoms with Gasteiger partial charge in [-0.1, -0.05) is 0 Å². The molecule has 1 heterocycles. The molecule has 1 fully saturated rings. The SMILES string of the molecule is CC(C)OC(=O)CS(=O)(=O)C1CCOC1C. The van der Waals surface area contributed by atoms with Crippen molar-refractivity contribution in [2.24, 2.45) is 0 Å². The van der Waals surface area contributed by atoms with Crippen molar-refractivity contribution in [3.63, 3.8) is 0 Å². The summed E-state index contributed by atoms with van der Waals surface area (Å²) in [6.07, 6.45) is -0.171. The van der Waals surface area contributed by atoms with Crippen molar-refractivity contribution < 1.29 is 22.7 Å². The van der Waals surface area contributed by atoms with Gasteiger partial charge in [-0.3, -0.25) is 4.79 Å². The summed E-state index contributed by atoms with van der Waals surface area (Å²) in [7, 11) is -3.45. The molecule has 5 nitrogen and oxygen atoms in total. The number of ether oxygens (including phenoxy) is 2. The summed E-state index contributed by atoms with van der Waals surface area (Å²) < 4.78 is 33.7. The molecule has 1 aliphatic rings. The Morgan fingerprint density at radius 1 is 1.50 bits per heavy atom. The summed E-state index contributed by atoms with van der Waals surface area (Å²) in [4.78, 5) is 11.3. The van der Waals surface area contributed by atoms with Gasteiger partial charge >= 0.3 is 5.97 Å². The number of esters is 1. The van der Waals surface area contributed by atoms with Gasteiger partial charge in [0.15, 0.2) is 9.84 Å². The molecule has 6 heteroatoms. The third-order valence-electron chi connectivity index (χ3n) is 2.45. The minimum absolute atomic E-state index is 0.292. The van der Waals surface area contributed by atoms with Gasteiger partial charge in [0.1, 0.15) is 5.75 Å². The summed E-state index contributed by atoms with van der Waals surface area (Å²) in [5, 5.41) is -0.577. The van der Waals surface area contributed by atoms with Gasteiger partial charge in [-0.25, -0.2) is 8.42 Å². The smallest absolute Gasteiger partial charge is 0.321 e. The summed E-state index contributed by atoms with van der Waals surface area (Å²) >= 11 is 0. The van der Waals surface area contributed by atoms with Crippen LogP contribution in [0.4, 0.5) is 0 Å². The molecule has 16 heavy (non-hydrogen) atoms. The summed E-state index contributed by atoms with van der Waals surface area (Å²) in [6.45, 7) is 5.52. The fourth-order valence-corrected chi connectivity index (χ4v) is 3.48. The molecule has 2 unspecified atom stereocenters. The van der Waals surface area contributed by atoms with Gasteiger partial charge in [0.2, 0.25) is 0 Å². The fourth-order valence-electron chi connectivity index (χ4n) is 1.75. The molecule has 0 aromatic carbocycles. The molecule has 2 atom stereocenters. The Hall–Kier alpha value is -0.620. The van der Waals surface area contributed by atoms with Crippen LogP contribution < -0.4 is 0 Å². The highest BCUT2D eigenvalue weighted by Gasteiger charge is 2.37. The third-order valence-corrected chi connectivity index (χ3v) is 4.63. The van der Waals surface area contributed by atoms with Crippen LogP contribution in [0, 0.1) is 0 Å². The number of carbonyl (C=O) groups is 1. The lowest BCUT2D eigenvalue weighted by atomic mass is 10.3. The quantitative estimate of drug-likeness (QED) is 0.681. The Morgan fingerprint density at radius 2 is 2.12 bits per heavy atom. The predicted molar refractivity (Wildman–Crippen MR) is 58.8 cm³/mol. The van der Waals surface area contributed by atoms with Crippen molar-refractivity contribution in [1.29, 1.82) is 0 Å². The molecule has 0 N–H and O–H groups in total. The maximum absolute atomic E-state index is 11.9. The van der Waals surface area contributed by atoms with E-state index in [0.717, 1.165) is 0 Å². The van der Waals surface area contributed by atoms with E-state index in [1.807, 2.05) is 0 Å². The molecule has 1 saturated heterocycles. The first-order valence-electron chi connectivity index (χ1n) is 5.35. The van der Waals surface area contributed by atoms with E-state index < -0.39 is 26.8 Å². The predicted octanol–water partition coefficient (Wildman–Crippen LogP) is 0.530. The summed E-state index contributed by atoms with van der Waals surface area (Å²) in [5.41, 5.74) is 0. The molecule has 94 valence electrons. The van der Waals surface area contributed by atoms with Gasteiger partial charge in [-0.2, -0.15) is 0 Å². The normalized spacial score (nSPS) is 26.0. The minimum Gasteiger partial charge on any atom is -0.462 e. The lowest BCUT2D eigenvalue weighted by Crippen LogP contribution is -2.34. The maximum atomic E-state index is 11.9. The number of rotatable bonds is 4. The first kappa shape index (κ1) is 13.4. The number of hydrogen-bond acceptors (Lipinski definition) is 5. The Balaban J connectivity index is 2.61. The van der Waals surface area contributed by atoms with Crippen molar-refractivity contribution in [3.05, 3.63) is 0 Å². The minimum atomic E-state index is -3.45. The monoisotopic (exact) mass is 250 g/mol. The largest absolute Gasteiger partial charge is 0.462 e. The van der Waals surface area contributed by atoms with E-state index in [2.05, 4.69) is 0 Å². The van der Waals surface area contributed by atoms with E-state index in [1.165, 1.54) is 0 Å². The second kappa shape index (κ2) is 5.14. The van der Waals surface area contributed by atoms with Crippen LogP contribution in [-0.2, 0) is 24.1 Å². The summed E-state index contributed by atoms with van der Waals surface area (Å²) in [6, 6.07) is 0. The Kier molecular flexibility index (Phi) is 4.32. The van der Waals surface area contributed by atoms with Gasteiger partial charge in [-0.15, -0.1) is 0 Å². The van der Waals surface area contributed by atoms with Crippen LogP contribution in [0.15, 0.2) is 0 Å². The number of hydrogen-bond donors (Lipinski definition) is 0. The van der Waals surface area contributed by atoms with Crippen molar-refractivity contribution in [1.82, 2.24) is 0 Å². The maximum Gasteiger partial charge on any atom is 0.321 e. The third kappa shape index (κ3) is 3.45. The van der Waals surface area contributed by atoms with Gasteiger partial charge < -0.3 is 9.47 Å². The van der Waals surface area contributed by atoms with Gasteiger partial charge in [0, 0.05) is 6.61 Å². The topological polar surface area (TPSA) is 69.7 Å². The van der Waals surface area contributed by atoms with Crippen LogP contribution >= 0.6 is 0 Å². The summed E-state index contributed by atoms with van der Waals surface area (Å²) in [5.74, 6) is -1.24. The van der Waals surface area contributed by atoms with Gasteiger partial charge in [0.25, 0.3) is 0 Å². The first-order valence-corrected chi connectivity index (χ1v) is 7.07. The van der Waals surface area contributed by atoms with E-state index in [4.69, 9.17) is 9.47 Å². The van der Waals surface area contributed by atoms with Crippen LogP contribution in [0.5, 0.6) is 0 Å². The van der Waals surface area contributed by atoms with E-state index in [1.54, 1.807) is 20.8 Å². The zero-order valence-corrected chi connectivity index (χ0v) is 10.6. The van der Waals surface area contributed by atoms with E-state index in [-0.39, 0.29) is 12.2 Å². The van der Waals surface area contributed by atoms with E-state index in [0.29, 0.717) is 13.0 Å². The highest BCUT2D eigenvalue weighted by molar-refractivity contribution is 7.92. The molecule has 0 saturated carbocycles. The molecular weight excluding hydrogens is 232 g/mol. The zero-order chi connectivity index (χ0) is 12.3. The van der Waals surface area contributed by atoms with E-state index >= 15 is 0 Å². The van der Waals surface area contributed by atoms with Crippen molar-refractivity contribution >= 4 is 15.8 Å². The lowest BCUT2D eigenvalue weighted by Gasteiger charge is -2.15. The number of sulfone groups is 1. The van der Waals surface area contributed by atoms with Crippen LogP contribution in [-0.4, -0.2) is 44.2 Å². The average molecular weight is 250 g/mol. The first-order chi connectivity index (χ1) is 7.33. The van der Waals surface area contributed by atoms with Crippen molar-refractivity contribution in [2.45, 2.75) is 44.6 Å². The Bertz CT molecular complexity index is 346. The Morgan fingerprint density at radius 3 is 2.56 bits per heavy atom. The molecule has 1 aliphatic heterocycles. The Labute approximate surface area is 96.0 Å². The molecule has 0 aromatic rings. The molecule has 1 rings (SSSR count). The molecule has 0 aliphatic carbocycles. The van der Waals surface area contributed by atoms with Crippen LogP contribution in [0.25, 0.3) is 0 Å². The van der Waals surface area contributed by atoms with E-state index in [9.17, 15) is 13.2 Å². The average Bonchev–Trinajstić information content (AvgIpc) is 2.48. The van der Waals surface area contributed by atoms with Gasteiger partial charge in [-0.05, 0) is 27.2 Å². The molecule has 0 amide bonds. The zero-order valence-electron chi connectivity index (χ0n) is 9.80. The van der Waals surface area contributed by atoms with Crippen LogP contribution in [0.1, 0.15) is 27.2 Å². The molecule has 0 bridgehead atoms. The van der Waals surface area contributed by atoms with Crippen LogP contribution in [0.2, 0.25) is 0 Å². The molecular formula is C10H18O5S. The fraction of sp³-hybridized carbons (Fsp3) is 0.900. The molecule has 0 aromatic heterocycles. The highest BCUT2D eigenvalue weighted by atomic mass is 32.2. The molecule has 0 radical (unpaired) electrons. The standard InChI is InChI=1S/C10H18O5S/c1-7(2)15-10(11)6-16(12,13)9-4-5-14-8(9)3/h7-9H,4-6H2,1-3H3. The van der Waals surface area contributed by atoms with Crippen molar-refractivity contribution in [2.75, 3.05) is 12.4 Å². The van der Waals surface area contributed by atoms with Crippen LogP contribution in [0.3, 0.4) is 0 Å².